The van der Waals surface area contributed by atoms with Crippen LogP contribution in [-0.4, -0.2) is 75.4 Å². The van der Waals surface area contributed by atoms with Gasteiger partial charge >= 0.3 is 5.97 Å². The van der Waals surface area contributed by atoms with Gasteiger partial charge in [0.1, 0.15) is 23.9 Å². The quantitative estimate of drug-likeness (QED) is 0.598. The second kappa shape index (κ2) is 9.56. The average Bonchev–Trinajstić information content (AvgIpc) is 3.14. The van der Waals surface area contributed by atoms with Crippen LogP contribution in [0.25, 0.3) is 10.8 Å². The molecule has 1 aromatic heterocycles. The van der Waals surface area contributed by atoms with Crippen molar-refractivity contribution in [2.75, 3.05) is 6.54 Å². The van der Waals surface area contributed by atoms with Gasteiger partial charge in [-0.15, -0.1) is 0 Å². The predicted molar refractivity (Wildman–Crippen MR) is 126 cm³/mol. The number of amides is 4. The van der Waals surface area contributed by atoms with Gasteiger partial charge in [0.15, 0.2) is 0 Å². The van der Waals surface area contributed by atoms with Crippen molar-refractivity contribution in [3.8, 4) is 0 Å². The maximum atomic E-state index is 13.7. The summed E-state index contributed by atoms with van der Waals surface area (Å²) in [6, 6.07) is 6.64. The molecule has 4 unspecified atom stereocenters. The van der Waals surface area contributed by atoms with Gasteiger partial charge in [0, 0.05) is 24.5 Å². The van der Waals surface area contributed by atoms with Crippen LogP contribution in [0.3, 0.4) is 0 Å². The van der Waals surface area contributed by atoms with Crippen LogP contribution in [0.15, 0.2) is 36.5 Å². The standard InChI is InChI=1S/C25H27N5O6/c1-14-18(13-21(32)36-14)28-23(33)19-7-4-12-29-20(31)9-8-17(25(35)30(19)29)27-24(34)22-16-6-3-2-5-15(16)10-11-26-22/h2-3,5-6,10-11,14,17-19H,4,7-9,12-13H2,1H3,(H,27,34)(H,28,33). The fraction of sp³-hybridized carbons (Fsp3) is 0.440. The van der Waals surface area contributed by atoms with Crippen molar-refractivity contribution in [1.29, 1.82) is 0 Å². The van der Waals surface area contributed by atoms with Gasteiger partial charge in [0.25, 0.3) is 11.8 Å². The number of hydrogen-bond donors (Lipinski definition) is 2. The summed E-state index contributed by atoms with van der Waals surface area (Å²) in [4.78, 5) is 68.7. The Labute approximate surface area is 207 Å². The third-order valence-corrected chi connectivity index (χ3v) is 6.96. The molecule has 0 radical (unpaired) electrons. The molecule has 0 spiro atoms. The van der Waals surface area contributed by atoms with E-state index in [-0.39, 0.29) is 30.9 Å². The smallest absolute Gasteiger partial charge is 0.308 e. The number of ether oxygens (including phenoxy) is 1. The maximum absolute atomic E-state index is 13.7. The highest BCUT2D eigenvalue weighted by atomic mass is 16.6. The first-order valence-electron chi connectivity index (χ1n) is 12.1. The third kappa shape index (κ3) is 4.36. The van der Waals surface area contributed by atoms with E-state index in [0.29, 0.717) is 24.8 Å². The number of aromatic nitrogens is 1. The summed E-state index contributed by atoms with van der Waals surface area (Å²) >= 11 is 0. The lowest BCUT2D eigenvalue weighted by Crippen LogP contribution is -2.64. The number of hydrazine groups is 1. The largest absolute Gasteiger partial charge is 0.460 e. The second-order valence-electron chi connectivity index (χ2n) is 9.32. The molecule has 0 aliphatic carbocycles. The zero-order chi connectivity index (χ0) is 25.4. The highest BCUT2D eigenvalue weighted by Gasteiger charge is 2.45. The average molecular weight is 494 g/mol. The molecule has 3 aliphatic heterocycles. The Kier molecular flexibility index (Phi) is 6.29. The number of rotatable bonds is 4. The van der Waals surface area contributed by atoms with Crippen LogP contribution < -0.4 is 10.6 Å². The Morgan fingerprint density at radius 1 is 1.08 bits per heavy atom. The van der Waals surface area contributed by atoms with E-state index < -0.39 is 47.9 Å². The van der Waals surface area contributed by atoms with Crippen molar-refractivity contribution in [2.45, 2.75) is 63.3 Å². The van der Waals surface area contributed by atoms with Crippen molar-refractivity contribution in [2.24, 2.45) is 0 Å². The number of esters is 1. The van der Waals surface area contributed by atoms with E-state index in [2.05, 4.69) is 15.6 Å². The van der Waals surface area contributed by atoms with Gasteiger partial charge in [-0.25, -0.2) is 5.01 Å². The second-order valence-corrected chi connectivity index (χ2v) is 9.32. The summed E-state index contributed by atoms with van der Waals surface area (Å²) in [5, 5.41) is 9.55. The van der Waals surface area contributed by atoms with Gasteiger partial charge in [-0.3, -0.25) is 34.0 Å². The van der Waals surface area contributed by atoms with Crippen LogP contribution in [0, 0.1) is 0 Å². The molecule has 188 valence electrons. The van der Waals surface area contributed by atoms with E-state index in [4.69, 9.17) is 4.74 Å². The van der Waals surface area contributed by atoms with Gasteiger partial charge in [0.05, 0.1) is 12.5 Å². The van der Waals surface area contributed by atoms with Crippen LogP contribution in [0.5, 0.6) is 0 Å². The molecule has 11 heteroatoms. The zero-order valence-electron chi connectivity index (χ0n) is 19.8. The molecule has 36 heavy (non-hydrogen) atoms. The molecule has 2 aromatic rings. The number of cyclic esters (lactones) is 1. The highest BCUT2D eigenvalue weighted by molar-refractivity contribution is 6.06. The van der Waals surface area contributed by atoms with Gasteiger partial charge in [-0.2, -0.15) is 0 Å². The summed E-state index contributed by atoms with van der Waals surface area (Å²) in [7, 11) is 0. The molecule has 11 nitrogen and oxygen atoms in total. The van der Waals surface area contributed by atoms with Crippen molar-refractivity contribution in [3.63, 3.8) is 0 Å². The summed E-state index contributed by atoms with van der Waals surface area (Å²) < 4.78 is 5.11. The number of benzene rings is 1. The van der Waals surface area contributed by atoms with E-state index in [9.17, 15) is 24.0 Å². The van der Waals surface area contributed by atoms with Gasteiger partial charge in [0.2, 0.25) is 11.8 Å². The monoisotopic (exact) mass is 493 g/mol. The van der Waals surface area contributed by atoms with Gasteiger partial charge in [-0.05, 0) is 37.6 Å². The fourth-order valence-corrected chi connectivity index (χ4v) is 5.06. The maximum Gasteiger partial charge on any atom is 0.308 e. The number of fused-ring (bicyclic) bond motifs is 2. The number of pyridine rings is 1. The molecule has 4 atom stereocenters. The molecule has 4 amide bonds. The Bertz CT molecular complexity index is 1240. The molecular weight excluding hydrogens is 466 g/mol. The van der Waals surface area contributed by atoms with Crippen molar-refractivity contribution in [1.82, 2.24) is 25.6 Å². The molecule has 5 rings (SSSR count). The Morgan fingerprint density at radius 3 is 2.67 bits per heavy atom. The Morgan fingerprint density at radius 2 is 1.89 bits per heavy atom. The SMILES string of the molecule is CC1OC(=O)CC1NC(=O)C1CCCN2C(=O)CCC(NC(=O)c3nccc4ccccc34)C(=O)N12. The minimum absolute atomic E-state index is 0.0481. The first kappa shape index (κ1) is 23.7. The van der Waals surface area contributed by atoms with Crippen molar-refractivity contribution >= 4 is 40.4 Å². The summed E-state index contributed by atoms with van der Waals surface area (Å²) in [5.41, 5.74) is 0.182. The summed E-state index contributed by atoms with van der Waals surface area (Å²) in [6.45, 7) is 2.00. The highest BCUT2D eigenvalue weighted by Crippen LogP contribution is 2.26. The minimum Gasteiger partial charge on any atom is -0.460 e. The molecule has 2 N–H and O–H groups in total. The zero-order valence-corrected chi connectivity index (χ0v) is 19.8. The lowest BCUT2D eigenvalue weighted by Gasteiger charge is -2.43. The normalized spacial score (nSPS) is 26.3. The van der Waals surface area contributed by atoms with E-state index >= 15 is 0 Å². The first-order valence-corrected chi connectivity index (χ1v) is 12.1. The number of nitrogens with one attached hydrogen (secondary N) is 2. The number of carbonyl (C=O) groups excluding carboxylic acids is 5. The minimum atomic E-state index is -1.00. The topological polar surface area (TPSA) is 138 Å². The third-order valence-electron chi connectivity index (χ3n) is 6.96. The van der Waals surface area contributed by atoms with E-state index in [0.717, 1.165) is 5.39 Å². The molecule has 3 saturated heterocycles. The van der Waals surface area contributed by atoms with Crippen LogP contribution in [0.1, 0.15) is 49.5 Å². The predicted octanol–water partition coefficient (Wildman–Crippen LogP) is 0.682. The first-order chi connectivity index (χ1) is 17.3. The summed E-state index contributed by atoms with van der Waals surface area (Å²) in [6.07, 6.45) is 2.14. The molecule has 0 bridgehead atoms. The fourth-order valence-electron chi connectivity index (χ4n) is 5.06. The lowest BCUT2D eigenvalue weighted by atomic mass is 10.0. The van der Waals surface area contributed by atoms with E-state index in [1.807, 2.05) is 12.1 Å². The van der Waals surface area contributed by atoms with Crippen molar-refractivity contribution in [3.05, 3.63) is 42.2 Å². The van der Waals surface area contributed by atoms with Crippen LogP contribution >= 0.6 is 0 Å². The number of nitrogens with zero attached hydrogens (tertiary/aromatic N) is 3. The number of hydrogen-bond acceptors (Lipinski definition) is 7. The van der Waals surface area contributed by atoms with Crippen LogP contribution in [0.4, 0.5) is 0 Å². The molecule has 3 fully saturated rings. The molecular formula is C25H27N5O6. The van der Waals surface area contributed by atoms with Crippen molar-refractivity contribution < 1.29 is 28.7 Å². The van der Waals surface area contributed by atoms with Gasteiger partial charge < -0.3 is 15.4 Å². The van der Waals surface area contributed by atoms with E-state index in [1.165, 1.54) is 16.2 Å². The van der Waals surface area contributed by atoms with Gasteiger partial charge in [-0.1, -0.05) is 24.3 Å². The van der Waals surface area contributed by atoms with E-state index in [1.54, 1.807) is 25.1 Å². The Balaban J connectivity index is 1.38. The lowest BCUT2D eigenvalue weighted by molar-refractivity contribution is -0.176. The molecule has 3 aliphatic rings. The Hall–Kier alpha value is -4.02. The molecule has 4 heterocycles. The summed E-state index contributed by atoms with van der Waals surface area (Å²) in [5.74, 6) is -2.20. The van der Waals surface area contributed by atoms with Crippen LogP contribution in [0.2, 0.25) is 0 Å². The molecule has 1 aromatic carbocycles. The van der Waals surface area contributed by atoms with Crippen LogP contribution in [-0.2, 0) is 23.9 Å². The number of carbonyl (C=O) groups is 5. The molecule has 0 saturated carbocycles.